The van der Waals surface area contributed by atoms with Gasteiger partial charge in [0.25, 0.3) is 0 Å². The Bertz CT molecular complexity index is 218. The topological polar surface area (TPSA) is 20.2 Å². The van der Waals surface area contributed by atoms with Crippen molar-refractivity contribution >= 4 is 11.3 Å². The van der Waals surface area contributed by atoms with E-state index in [1.807, 2.05) is 6.92 Å². The molecule has 2 heteroatoms. The van der Waals surface area contributed by atoms with Crippen molar-refractivity contribution in [3.05, 3.63) is 22.4 Å². The number of thiophene rings is 1. The minimum absolute atomic E-state index is 0.206. The van der Waals surface area contributed by atoms with Crippen molar-refractivity contribution in [3.8, 4) is 0 Å². The SMILES string of the molecule is CC(C)C(Cc1cccs1)C(C)O. The maximum absolute atomic E-state index is 9.59. The maximum Gasteiger partial charge on any atom is 0.0546 e. The molecule has 1 aromatic rings. The molecule has 1 heterocycles. The smallest absolute Gasteiger partial charge is 0.0546 e. The van der Waals surface area contributed by atoms with E-state index in [2.05, 4.69) is 31.4 Å². The van der Waals surface area contributed by atoms with Crippen LogP contribution in [0.1, 0.15) is 25.6 Å². The summed E-state index contributed by atoms with van der Waals surface area (Å²) in [6, 6.07) is 4.21. The first-order chi connectivity index (χ1) is 6.11. The molecule has 74 valence electrons. The third-order valence-electron chi connectivity index (χ3n) is 2.49. The van der Waals surface area contributed by atoms with Crippen molar-refractivity contribution in [2.24, 2.45) is 11.8 Å². The molecule has 2 unspecified atom stereocenters. The van der Waals surface area contributed by atoms with Gasteiger partial charge in [-0.25, -0.2) is 0 Å². The highest BCUT2D eigenvalue weighted by Gasteiger charge is 2.19. The lowest BCUT2D eigenvalue weighted by Crippen LogP contribution is -2.24. The zero-order chi connectivity index (χ0) is 9.84. The molecule has 1 aromatic heterocycles. The van der Waals surface area contributed by atoms with Crippen molar-refractivity contribution < 1.29 is 5.11 Å². The lowest BCUT2D eigenvalue weighted by atomic mass is 9.88. The van der Waals surface area contributed by atoms with Crippen LogP contribution in [0.2, 0.25) is 0 Å². The molecule has 0 spiro atoms. The van der Waals surface area contributed by atoms with E-state index < -0.39 is 0 Å². The third kappa shape index (κ3) is 3.12. The molecule has 0 fully saturated rings. The van der Waals surface area contributed by atoms with Crippen molar-refractivity contribution in [3.63, 3.8) is 0 Å². The van der Waals surface area contributed by atoms with Crippen molar-refractivity contribution in [2.75, 3.05) is 0 Å². The lowest BCUT2D eigenvalue weighted by molar-refractivity contribution is 0.0982. The normalized spacial score (nSPS) is 16.1. The van der Waals surface area contributed by atoms with E-state index in [-0.39, 0.29) is 6.10 Å². The highest BCUT2D eigenvalue weighted by Crippen LogP contribution is 2.23. The summed E-state index contributed by atoms with van der Waals surface area (Å²) in [6.45, 7) is 6.23. The third-order valence-corrected chi connectivity index (χ3v) is 3.39. The Morgan fingerprint density at radius 2 is 2.08 bits per heavy atom. The van der Waals surface area contributed by atoms with E-state index >= 15 is 0 Å². The molecule has 0 saturated heterocycles. The van der Waals surface area contributed by atoms with Gasteiger partial charge in [-0.3, -0.25) is 0 Å². The van der Waals surface area contributed by atoms with Gasteiger partial charge < -0.3 is 5.11 Å². The Kier molecular flexibility index (Phi) is 3.94. The second-order valence-electron chi connectivity index (χ2n) is 3.93. The largest absolute Gasteiger partial charge is 0.393 e. The van der Waals surface area contributed by atoms with Crippen LogP contribution in [0.15, 0.2) is 17.5 Å². The van der Waals surface area contributed by atoms with Crippen LogP contribution in [0.5, 0.6) is 0 Å². The molecule has 0 aliphatic heterocycles. The van der Waals surface area contributed by atoms with Gasteiger partial charge in [-0.2, -0.15) is 0 Å². The fourth-order valence-corrected chi connectivity index (χ4v) is 2.40. The minimum atomic E-state index is -0.206. The molecule has 13 heavy (non-hydrogen) atoms. The quantitative estimate of drug-likeness (QED) is 0.788. The highest BCUT2D eigenvalue weighted by atomic mass is 32.1. The number of hydrogen-bond acceptors (Lipinski definition) is 2. The van der Waals surface area contributed by atoms with Gasteiger partial charge in [-0.1, -0.05) is 19.9 Å². The number of aliphatic hydroxyl groups is 1. The molecular formula is C11H18OS. The summed E-state index contributed by atoms with van der Waals surface area (Å²) in [7, 11) is 0. The van der Waals surface area contributed by atoms with E-state index in [4.69, 9.17) is 0 Å². The second-order valence-corrected chi connectivity index (χ2v) is 4.96. The van der Waals surface area contributed by atoms with Gasteiger partial charge in [-0.05, 0) is 36.6 Å². The van der Waals surface area contributed by atoms with Crippen molar-refractivity contribution in [2.45, 2.75) is 33.3 Å². The van der Waals surface area contributed by atoms with Gasteiger partial charge in [-0.15, -0.1) is 11.3 Å². The van der Waals surface area contributed by atoms with Crippen LogP contribution in [-0.2, 0) is 6.42 Å². The highest BCUT2D eigenvalue weighted by molar-refractivity contribution is 7.09. The first kappa shape index (κ1) is 10.7. The van der Waals surface area contributed by atoms with Gasteiger partial charge in [0, 0.05) is 4.88 Å². The second kappa shape index (κ2) is 4.77. The van der Waals surface area contributed by atoms with E-state index in [1.54, 1.807) is 11.3 Å². The summed E-state index contributed by atoms with van der Waals surface area (Å²) < 4.78 is 0. The van der Waals surface area contributed by atoms with E-state index in [0.29, 0.717) is 11.8 Å². The molecule has 2 atom stereocenters. The fourth-order valence-electron chi connectivity index (χ4n) is 1.62. The molecule has 1 nitrogen and oxygen atoms in total. The molecule has 1 N–H and O–H groups in total. The summed E-state index contributed by atoms with van der Waals surface area (Å²) in [6.07, 6.45) is 0.801. The molecular weight excluding hydrogens is 180 g/mol. The molecule has 0 aromatic carbocycles. The zero-order valence-electron chi connectivity index (χ0n) is 8.53. The standard InChI is InChI=1S/C11H18OS/c1-8(2)11(9(3)12)7-10-5-4-6-13-10/h4-6,8-9,11-12H,7H2,1-3H3. The Labute approximate surface area is 84.4 Å². The molecule has 0 radical (unpaired) electrons. The Hall–Kier alpha value is -0.340. The summed E-state index contributed by atoms with van der Waals surface area (Å²) in [5, 5.41) is 11.7. The number of hydrogen-bond donors (Lipinski definition) is 1. The lowest BCUT2D eigenvalue weighted by Gasteiger charge is -2.22. The van der Waals surface area contributed by atoms with Crippen LogP contribution in [0.25, 0.3) is 0 Å². The van der Waals surface area contributed by atoms with Crippen LogP contribution in [0, 0.1) is 11.8 Å². The van der Waals surface area contributed by atoms with Crippen LogP contribution in [0.4, 0.5) is 0 Å². The fraction of sp³-hybridized carbons (Fsp3) is 0.636. The van der Waals surface area contributed by atoms with Crippen LogP contribution >= 0.6 is 11.3 Å². The average molecular weight is 198 g/mol. The average Bonchev–Trinajstić information content (AvgIpc) is 2.50. The Balaban J connectivity index is 2.58. The predicted molar refractivity (Wildman–Crippen MR) is 58.0 cm³/mol. The van der Waals surface area contributed by atoms with Crippen LogP contribution < -0.4 is 0 Å². The Morgan fingerprint density at radius 3 is 2.46 bits per heavy atom. The molecule has 0 aliphatic rings. The van der Waals surface area contributed by atoms with Crippen molar-refractivity contribution in [1.82, 2.24) is 0 Å². The van der Waals surface area contributed by atoms with Gasteiger partial charge in [0.1, 0.15) is 0 Å². The first-order valence-corrected chi connectivity index (χ1v) is 5.69. The van der Waals surface area contributed by atoms with Crippen molar-refractivity contribution in [1.29, 1.82) is 0 Å². The first-order valence-electron chi connectivity index (χ1n) is 4.81. The molecule has 0 aliphatic carbocycles. The Morgan fingerprint density at radius 1 is 1.38 bits per heavy atom. The monoisotopic (exact) mass is 198 g/mol. The molecule has 1 rings (SSSR count). The summed E-state index contributed by atoms with van der Waals surface area (Å²) in [5.41, 5.74) is 0. The number of rotatable bonds is 4. The van der Waals surface area contributed by atoms with E-state index in [1.165, 1.54) is 4.88 Å². The minimum Gasteiger partial charge on any atom is -0.393 e. The molecule has 0 bridgehead atoms. The van der Waals surface area contributed by atoms with E-state index in [0.717, 1.165) is 6.42 Å². The van der Waals surface area contributed by atoms with Gasteiger partial charge in [0.05, 0.1) is 6.10 Å². The predicted octanol–water partition coefficient (Wildman–Crippen LogP) is 2.94. The van der Waals surface area contributed by atoms with Crippen LogP contribution in [0.3, 0.4) is 0 Å². The maximum atomic E-state index is 9.59. The van der Waals surface area contributed by atoms with Crippen LogP contribution in [-0.4, -0.2) is 11.2 Å². The zero-order valence-corrected chi connectivity index (χ0v) is 9.34. The molecule has 0 saturated carbocycles. The van der Waals surface area contributed by atoms with Gasteiger partial charge in [0.15, 0.2) is 0 Å². The van der Waals surface area contributed by atoms with Gasteiger partial charge >= 0.3 is 0 Å². The van der Waals surface area contributed by atoms with E-state index in [9.17, 15) is 5.11 Å². The number of aliphatic hydroxyl groups excluding tert-OH is 1. The summed E-state index contributed by atoms with van der Waals surface area (Å²) in [5.74, 6) is 0.931. The molecule has 0 amide bonds. The van der Waals surface area contributed by atoms with Gasteiger partial charge in [0.2, 0.25) is 0 Å². The summed E-state index contributed by atoms with van der Waals surface area (Å²) >= 11 is 1.77. The summed E-state index contributed by atoms with van der Waals surface area (Å²) in [4.78, 5) is 1.37.